The van der Waals surface area contributed by atoms with Crippen molar-refractivity contribution in [2.75, 3.05) is 6.61 Å². The van der Waals surface area contributed by atoms with E-state index in [-0.39, 0.29) is 17.9 Å². The third-order valence-electron chi connectivity index (χ3n) is 4.38. The first-order chi connectivity index (χ1) is 9.86. The van der Waals surface area contributed by atoms with E-state index in [1.807, 2.05) is 51.1 Å². The molecule has 1 aromatic carbocycles. The highest BCUT2D eigenvalue weighted by Gasteiger charge is 2.76. The molecule has 1 aliphatic carbocycles. The Balaban J connectivity index is 1.88. The summed E-state index contributed by atoms with van der Waals surface area (Å²) in [6.45, 7) is 6.16. The summed E-state index contributed by atoms with van der Waals surface area (Å²) in [6, 6.07) is 9.40. The molecule has 0 radical (unpaired) electrons. The molecule has 21 heavy (non-hydrogen) atoms. The van der Waals surface area contributed by atoms with Crippen LogP contribution < -0.4 is 10.1 Å². The van der Waals surface area contributed by atoms with E-state index >= 15 is 0 Å². The first-order valence-corrected chi connectivity index (χ1v) is 7.98. The molecule has 0 spiro atoms. The van der Waals surface area contributed by atoms with Crippen LogP contribution >= 0.6 is 23.2 Å². The molecule has 0 bridgehead atoms. The molecule has 2 rings (SSSR count). The molecule has 0 aromatic heterocycles. The van der Waals surface area contributed by atoms with Crippen LogP contribution in [0.25, 0.3) is 0 Å². The van der Waals surface area contributed by atoms with Gasteiger partial charge in [-0.15, -0.1) is 23.2 Å². The van der Waals surface area contributed by atoms with Crippen LogP contribution in [0.2, 0.25) is 0 Å². The lowest BCUT2D eigenvalue weighted by molar-refractivity contribution is -0.127. The predicted octanol–water partition coefficient (Wildman–Crippen LogP) is 3.79. The molecule has 1 N–H and O–H groups in total. The Morgan fingerprint density at radius 1 is 1.38 bits per heavy atom. The van der Waals surface area contributed by atoms with E-state index in [4.69, 9.17) is 27.9 Å². The molecule has 0 saturated heterocycles. The van der Waals surface area contributed by atoms with Crippen molar-refractivity contribution in [3.63, 3.8) is 0 Å². The number of carbonyl (C=O) groups excluding carboxylic acids is 1. The molecule has 116 valence electrons. The van der Waals surface area contributed by atoms with Gasteiger partial charge in [-0.3, -0.25) is 4.79 Å². The van der Waals surface area contributed by atoms with Crippen molar-refractivity contribution in [1.82, 2.24) is 5.32 Å². The molecule has 3 nitrogen and oxygen atoms in total. The molecular formula is C16H21Cl2NO2. The molecular weight excluding hydrogens is 309 g/mol. The lowest BCUT2D eigenvalue weighted by atomic mass is 9.99. The van der Waals surface area contributed by atoms with Gasteiger partial charge in [-0.05, 0) is 25.5 Å². The summed E-state index contributed by atoms with van der Waals surface area (Å²) in [6.07, 6.45) is 0.624. The molecule has 1 fully saturated rings. The highest BCUT2D eigenvalue weighted by Crippen LogP contribution is 2.70. The van der Waals surface area contributed by atoms with Crippen molar-refractivity contribution >= 4 is 29.1 Å². The maximum absolute atomic E-state index is 12.5. The second-order valence-electron chi connectivity index (χ2n) is 5.67. The van der Waals surface area contributed by atoms with E-state index in [2.05, 4.69) is 5.32 Å². The first-order valence-electron chi connectivity index (χ1n) is 7.23. The van der Waals surface area contributed by atoms with E-state index in [1.165, 1.54) is 0 Å². The Morgan fingerprint density at radius 2 is 1.95 bits per heavy atom. The number of ether oxygens (including phenoxy) is 1. The van der Waals surface area contributed by atoms with Crippen molar-refractivity contribution < 1.29 is 9.53 Å². The highest BCUT2D eigenvalue weighted by molar-refractivity contribution is 6.53. The molecule has 1 amide bonds. The maximum atomic E-state index is 12.5. The van der Waals surface area contributed by atoms with Crippen LogP contribution in [0.15, 0.2) is 30.3 Å². The van der Waals surface area contributed by atoms with Gasteiger partial charge in [-0.2, -0.15) is 0 Å². The van der Waals surface area contributed by atoms with Crippen molar-refractivity contribution in [2.45, 2.75) is 37.6 Å². The third-order valence-corrected chi connectivity index (χ3v) is 5.71. The van der Waals surface area contributed by atoms with Crippen LogP contribution in [-0.4, -0.2) is 22.9 Å². The molecule has 1 aliphatic rings. The van der Waals surface area contributed by atoms with Crippen molar-refractivity contribution in [3.8, 4) is 5.75 Å². The minimum atomic E-state index is -0.966. The summed E-state index contributed by atoms with van der Waals surface area (Å²) < 4.78 is 4.67. The largest absolute Gasteiger partial charge is 0.491 e. The summed E-state index contributed by atoms with van der Waals surface area (Å²) in [7, 11) is 0. The average Bonchev–Trinajstić information content (AvgIpc) is 2.91. The summed E-state index contributed by atoms with van der Waals surface area (Å²) in [4.78, 5) is 12.5. The van der Waals surface area contributed by atoms with E-state index in [9.17, 15) is 4.79 Å². The standard InChI is InChI=1S/C16H21Cl2NO2/c1-4-15(12(3)16(15,17)18)14(20)19-11(2)10-21-13-8-6-5-7-9-13/h5-9,11-12H,4,10H2,1-3H3,(H,19,20)/t11?,12?,15-/m1/s1. The minimum absolute atomic E-state index is 0.0411. The Labute approximate surface area is 136 Å². The second-order valence-corrected chi connectivity index (χ2v) is 7.05. The van der Waals surface area contributed by atoms with Gasteiger partial charge < -0.3 is 10.1 Å². The summed E-state index contributed by atoms with van der Waals surface area (Å²) in [5.41, 5.74) is -0.683. The Morgan fingerprint density at radius 3 is 2.43 bits per heavy atom. The van der Waals surface area contributed by atoms with Crippen LogP contribution in [0.1, 0.15) is 27.2 Å². The van der Waals surface area contributed by atoms with Crippen LogP contribution in [0.3, 0.4) is 0 Å². The van der Waals surface area contributed by atoms with Gasteiger partial charge in [0.1, 0.15) is 16.7 Å². The molecule has 1 saturated carbocycles. The van der Waals surface area contributed by atoms with Gasteiger partial charge >= 0.3 is 0 Å². The maximum Gasteiger partial charge on any atom is 0.229 e. The van der Waals surface area contributed by atoms with Crippen LogP contribution in [-0.2, 0) is 4.79 Å². The number of rotatable bonds is 6. The molecule has 1 aromatic rings. The molecule has 5 heteroatoms. The van der Waals surface area contributed by atoms with Gasteiger partial charge in [-0.1, -0.05) is 32.0 Å². The number of amides is 1. The Bertz CT molecular complexity index is 506. The number of halogens is 2. The van der Waals surface area contributed by atoms with Gasteiger partial charge in [0.2, 0.25) is 5.91 Å². The van der Waals surface area contributed by atoms with Gasteiger partial charge in [0.25, 0.3) is 0 Å². The molecule has 3 atom stereocenters. The first kappa shape index (κ1) is 16.4. The van der Waals surface area contributed by atoms with Crippen molar-refractivity contribution in [3.05, 3.63) is 30.3 Å². The van der Waals surface area contributed by atoms with E-state index < -0.39 is 9.75 Å². The second kappa shape index (κ2) is 6.05. The third kappa shape index (κ3) is 2.86. The zero-order valence-electron chi connectivity index (χ0n) is 12.5. The Hall–Kier alpha value is -0.930. The summed E-state index contributed by atoms with van der Waals surface area (Å²) >= 11 is 12.5. The fourth-order valence-electron chi connectivity index (χ4n) is 2.82. The van der Waals surface area contributed by atoms with Gasteiger partial charge in [0, 0.05) is 5.92 Å². The lowest BCUT2D eigenvalue weighted by Crippen LogP contribution is -2.43. The Kier molecular flexibility index (Phi) is 4.74. The monoisotopic (exact) mass is 329 g/mol. The van der Waals surface area contributed by atoms with Crippen LogP contribution in [0, 0.1) is 11.3 Å². The number of benzene rings is 1. The number of carbonyl (C=O) groups is 1. The molecule has 2 unspecified atom stereocenters. The predicted molar refractivity (Wildman–Crippen MR) is 85.9 cm³/mol. The SMILES string of the molecule is CC[C@]1(C(=O)NC(C)COc2ccccc2)C(C)C1(Cl)Cl. The average molecular weight is 330 g/mol. The van der Waals surface area contributed by atoms with Crippen LogP contribution in [0.4, 0.5) is 0 Å². The minimum Gasteiger partial charge on any atom is -0.491 e. The summed E-state index contributed by atoms with van der Waals surface area (Å²) in [5.74, 6) is 0.653. The number of para-hydroxylation sites is 1. The van der Waals surface area contributed by atoms with Crippen LogP contribution in [0.5, 0.6) is 5.75 Å². The highest BCUT2D eigenvalue weighted by atomic mass is 35.5. The van der Waals surface area contributed by atoms with Crippen molar-refractivity contribution in [2.24, 2.45) is 11.3 Å². The van der Waals surface area contributed by atoms with Gasteiger partial charge in [-0.25, -0.2) is 0 Å². The fourth-order valence-corrected chi connectivity index (χ4v) is 3.85. The van der Waals surface area contributed by atoms with Gasteiger partial charge in [0.15, 0.2) is 0 Å². The summed E-state index contributed by atoms with van der Waals surface area (Å²) in [5, 5.41) is 2.96. The zero-order chi connectivity index (χ0) is 15.7. The lowest BCUT2D eigenvalue weighted by Gasteiger charge is -2.20. The number of nitrogens with one attached hydrogen (secondary N) is 1. The van der Waals surface area contributed by atoms with Crippen molar-refractivity contribution in [1.29, 1.82) is 0 Å². The molecule has 0 aliphatic heterocycles. The fraction of sp³-hybridized carbons (Fsp3) is 0.562. The molecule has 0 heterocycles. The number of alkyl halides is 2. The smallest absolute Gasteiger partial charge is 0.229 e. The van der Waals surface area contributed by atoms with E-state index in [1.54, 1.807) is 0 Å². The number of hydrogen-bond acceptors (Lipinski definition) is 2. The normalized spacial score (nSPS) is 27.8. The topological polar surface area (TPSA) is 38.3 Å². The van der Waals surface area contributed by atoms with E-state index in [0.29, 0.717) is 13.0 Å². The zero-order valence-corrected chi connectivity index (χ0v) is 14.0. The quantitative estimate of drug-likeness (QED) is 0.806. The number of hydrogen-bond donors (Lipinski definition) is 1. The van der Waals surface area contributed by atoms with E-state index in [0.717, 1.165) is 5.75 Å². The van der Waals surface area contributed by atoms with Gasteiger partial charge in [0.05, 0.1) is 11.5 Å².